The van der Waals surface area contributed by atoms with Gasteiger partial charge in [-0.1, -0.05) is 0 Å². The molecule has 2 N–H and O–H groups in total. The molecule has 2 rings (SSSR count). The molecule has 15 heavy (non-hydrogen) atoms. The highest BCUT2D eigenvalue weighted by Gasteiger charge is 2.32. The molecule has 0 spiro atoms. The fourth-order valence-corrected chi connectivity index (χ4v) is 4.14. The number of hydrogen-bond acceptors (Lipinski definition) is 3. The normalized spacial score (nSPS) is 28.3. The van der Waals surface area contributed by atoms with Crippen molar-refractivity contribution in [3.63, 3.8) is 0 Å². The molecule has 1 aliphatic rings. The fourth-order valence-electron chi connectivity index (χ4n) is 2.14. The van der Waals surface area contributed by atoms with Gasteiger partial charge in [0, 0.05) is 32.8 Å². The number of halogens is 1. The van der Waals surface area contributed by atoms with Gasteiger partial charge < -0.3 is 10.5 Å². The van der Waals surface area contributed by atoms with Crippen LogP contribution in [0.5, 0.6) is 0 Å². The third-order valence-corrected chi connectivity index (χ3v) is 5.11. The van der Waals surface area contributed by atoms with E-state index >= 15 is 0 Å². The first kappa shape index (κ1) is 11.6. The molecule has 1 fully saturated rings. The third-order valence-electron chi connectivity index (χ3n) is 3.04. The van der Waals surface area contributed by atoms with Gasteiger partial charge in [0.2, 0.25) is 0 Å². The monoisotopic (exact) mass is 289 g/mol. The standard InChI is InChI=1S/C11H16BrNOS/c1-6-5-9(12)11(15-6)10(13)8-3-4-14-7(8)2/h5,7-8,10H,3-4,13H2,1-2H3. The molecule has 4 heteroatoms. The number of thiophene rings is 1. The fraction of sp³-hybridized carbons (Fsp3) is 0.636. The first-order chi connectivity index (χ1) is 7.09. The van der Waals surface area contributed by atoms with Gasteiger partial charge in [-0.05, 0) is 42.3 Å². The van der Waals surface area contributed by atoms with E-state index in [9.17, 15) is 0 Å². The van der Waals surface area contributed by atoms with E-state index in [4.69, 9.17) is 10.5 Å². The Kier molecular flexibility index (Phi) is 3.50. The summed E-state index contributed by atoms with van der Waals surface area (Å²) in [5, 5.41) is 0. The zero-order chi connectivity index (χ0) is 11.0. The van der Waals surface area contributed by atoms with Gasteiger partial charge in [-0.15, -0.1) is 11.3 Å². The van der Waals surface area contributed by atoms with Crippen LogP contribution in [0.4, 0.5) is 0 Å². The Morgan fingerprint density at radius 3 is 2.87 bits per heavy atom. The van der Waals surface area contributed by atoms with Crippen molar-refractivity contribution < 1.29 is 4.74 Å². The molecule has 0 radical (unpaired) electrons. The maximum absolute atomic E-state index is 6.31. The van der Waals surface area contributed by atoms with Crippen LogP contribution in [-0.4, -0.2) is 12.7 Å². The predicted molar refractivity (Wildman–Crippen MR) is 67.2 cm³/mol. The highest BCUT2D eigenvalue weighted by molar-refractivity contribution is 9.10. The highest BCUT2D eigenvalue weighted by Crippen LogP contribution is 2.38. The first-order valence-electron chi connectivity index (χ1n) is 5.22. The second-order valence-electron chi connectivity index (χ2n) is 4.12. The topological polar surface area (TPSA) is 35.2 Å². The van der Waals surface area contributed by atoms with E-state index in [1.807, 2.05) is 0 Å². The molecule has 0 amide bonds. The molecular weight excluding hydrogens is 274 g/mol. The summed E-state index contributed by atoms with van der Waals surface area (Å²) in [5.41, 5.74) is 6.31. The lowest BCUT2D eigenvalue weighted by Gasteiger charge is -2.21. The molecule has 2 nitrogen and oxygen atoms in total. The predicted octanol–water partition coefficient (Wildman–Crippen LogP) is 3.24. The second kappa shape index (κ2) is 4.53. The van der Waals surface area contributed by atoms with Crippen molar-refractivity contribution in [1.29, 1.82) is 0 Å². The van der Waals surface area contributed by atoms with Gasteiger partial charge in [0.15, 0.2) is 0 Å². The highest BCUT2D eigenvalue weighted by atomic mass is 79.9. The van der Waals surface area contributed by atoms with E-state index in [0.717, 1.165) is 17.5 Å². The molecule has 3 unspecified atom stereocenters. The van der Waals surface area contributed by atoms with Gasteiger partial charge in [-0.3, -0.25) is 0 Å². The molecule has 1 aromatic heterocycles. The Balaban J connectivity index is 2.19. The summed E-state index contributed by atoms with van der Waals surface area (Å²) >= 11 is 5.36. The van der Waals surface area contributed by atoms with E-state index in [2.05, 4.69) is 35.8 Å². The molecule has 0 bridgehead atoms. The van der Waals surface area contributed by atoms with Crippen molar-refractivity contribution in [3.05, 3.63) is 20.3 Å². The van der Waals surface area contributed by atoms with E-state index in [1.54, 1.807) is 11.3 Å². The molecule has 2 heterocycles. The van der Waals surface area contributed by atoms with Crippen molar-refractivity contribution >= 4 is 27.3 Å². The number of hydrogen-bond donors (Lipinski definition) is 1. The SMILES string of the molecule is Cc1cc(Br)c(C(N)C2CCOC2C)s1. The average molecular weight is 290 g/mol. The van der Waals surface area contributed by atoms with Crippen LogP contribution in [0.3, 0.4) is 0 Å². The molecule has 0 saturated carbocycles. The van der Waals surface area contributed by atoms with Crippen LogP contribution in [0.25, 0.3) is 0 Å². The molecule has 1 aromatic rings. The van der Waals surface area contributed by atoms with Gasteiger partial charge in [-0.2, -0.15) is 0 Å². The Morgan fingerprint density at radius 2 is 2.40 bits per heavy atom. The lowest BCUT2D eigenvalue weighted by atomic mass is 9.93. The largest absolute Gasteiger partial charge is 0.378 e. The van der Waals surface area contributed by atoms with E-state index in [1.165, 1.54) is 9.75 Å². The van der Waals surface area contributed by atoms with Crippen molar-refractivity contribution in [1.82, 2.24) is 0 Å². The molecular formula is C11H16BrNOS. The Morgan fingerprint density at radius 1 is 1.67 bits per heavy atom. The summed E-state index contributed by atoms with van der Waals surface area (Å²) in [6, 6.07) is 2.25. The maximum atomic E-state index is 6.31. The maximum Gasteiger partial charge on any atom is 0.0594 e. The van der Waals surface area contributed by atoms with E-state index in [0.29, 0.717) is 5.92 Å². The van der Waals surface area contributed by atoms with Crippen molar-refractivity contribution in [3.8, 4) is 0 Å². The van der Waals surface area contributed by atoms with Crippen LogP contribution in [0.2, 0.25) is 0 Å². The van der Waals surface area contributed by atoms with Gasteiger partial charge in [-0.25, -0.2) is 0 Å². The van der Waals surface area contributed by atoms with Crippen molar-refractivity contribution in [2.24, 2.45) is 11.7 Å². The number of nitrogens with two attached hydrogens (primary N) is 1. The summed E-state index contributed by atoms with van der Waals surface area (Å²) in [7, 11) is 0. The average Bonchev–Trinajstić information content (AvgIpc) is 2.71. The molecule has 0 aromatic carbocycles. The quantitative estimate of drug-likeness (QED) is 0.907. The number of ether oxygens (including phenoxy) is 1. The molecule has 1 saturated heterocycles. The minimum atomic E-state index is 0.107. The summed E-state index contributed by atoms with van der Waals surface area (Å²) < 4.78 is 6.71. The van der Waals surface area contributed by atoms with Gasteiger partial charge >= 0.3 is 0 Å². The lowest BCUT2D eigenvalue weighted by Crippen LogP contribution is -2.26. The smallest absolute Gasteiger partial charge is 0.0594 e. The Bertz CT molecular complexity index is 352. The Labute approximate surface area is 103 Å². The Hall–Kier alpha value is 0.1000. The van der Waals surface area contributed by atoms with Gasteiger partial charge in [0.05, 0.1) is 6.10 Å². The van der Waals surface area contributed by atoms with Gasteiger partial charge in [0.1, 0.15) is 0 Å². The number of rotatable bonds is 2. The first-order valence-corrected chi connectivity index (χ1v) is 6.83. The summed E-state index contributed by atoms with van der Waals surface area (Å²) in [5.74, 6) is 0.458. The van der Waals surface area contributed by atoms with Crippen LogP contribution < -0.4 is 5.73 Å². The van der Waals surface area contributed by atoms with Crippen molar-refractivity contribution in [2.45, 2.75) is 32.4 Å². The van der Waals surface area contributed by atoms with E-state index in [-0.39, 0.29) is 12.1 Å². The van der Waals surface area contributed by atoms with E-state index < -0.39 is 0 Å². The third kappa shape index (κ3) is 2.28. The molecule has 0 aliphatic carbocycles. The summed E-state index contributed by atoms with van der Waals surface area (Å²) in [6.45, 7) is 5.08. The van der Waals surface area contributed by atoms with Crippen LogP contribution in [-0.2, 0) is 4.74 Å². The minimum absolute atomic E-state index is 0.107. The molecule has 84 valence electrons. The van der Waals surface area contributed by atoms with Crippen LogP contribution in [0.15, 0.2) is 10.5 Å². The summed E-state index contributed by atoms with van der Waals surface area (Å²) in [6.07, 6.45) is 1.36. The number of aryl methyl sites for hydroxylation is 1. The zero-order valence-electron chi connectivity index (χ0n) is 9.00. The molecule has 1 aliphatic heterocycles. The summed E-state index contributed by atoms with van der Waals surface area (Å²) in [4.78, 5) is 2.56. The van der Waals surface area contributed by atoms with Crippen LogP contribution >= 0.6 is 27.3 Å². The molecule has 3 atom stereocenters. The lowest BCUT2D eigenvalue weighted by molar-refractivity contribution is 0.0997. The van der Waals surface area contributed by atoms with Gasteiger partial charge in [0.25, 0.3) is 0 Å². The second-order valence-corrected chi connectivity index (χ2v) is 6.27. The van der Waals surface area contributed by atoms with Crippen LogP contribution in [0.1, 0.15) is 29.1 Å². The van der Waals surface area contributed by atoms with Crippen molar-refractivity contribution in [2.75, 3.05) is 6.61 Å². The van der Waals surface area contributed by atoms with Crippen LogP contribution in [0, 0.1) is 12.8 Å². The minimum Gasteiger partial charge on any atom is -0.378 e. The zero-order valence-corrected chi connectivity index (χ0v) is 11.4.